The van der Waals surface area contributed by atoms with Crippen molar-refractivity contribution in [3.8, 4) is 0 Å². The zero-order chi connectivity index (χ0) is 16.1. The monoisotopic (exact) mass is 329 g/mol. The highest BCUT2D eigenvalue weighted by Gasteiger charge is 2.21. The molecular formula is C18H20ClN3O. The third kappa shape index (κ3) is 4.53. The third-order valence-electron chi connectivity index (χ3n) is 4.10. The van der Waals surface area contributed by atoms with E-state index in [2.05, 4.69) is 16.0 Å². The third-order valence-corrected chi connectivity index (χ3v) is 4.33. The molecule has 0 N–H and O–H groups in total. The Morgan fingerprint density at radius 3 is 2.57 bits per heavy atom. The minimum Gasteiger partial charge on any atom is -0.340 e. The number of halogens is 1. The Morgan fingerprint density at radius 1 is 1.09 bits per heavy atom. The summed E-state index contributed by atoms with van der Waals surface area (Å²) >= 11 is 5.97. The minimum absolute atomic E-state index is 0.174. The largest absolute Gasteiger partial charge is 0.340 e. The van der Waals surface area contributed by atoms with Crippen molar-refractivity contribution >= 4 is 17.5 Å². The van der Waals surface area contributed by atoms with E-state index in [4.69, 9.17) is 11.6 Å². The lowest BCUT2D eigenvalue weighted by atomic mass is 10.1. The number of hydrogen-bond donors (Lipinski definition) is 0. The van der Waals surface area contributed by atoms with Crippen molar-refractivity contribution in [3.05, 3.63) is 64.9 Å². The predicted molar refractivity (Wildman–Crippen MR) is 91.3 cm³/mol. The van der Waals surface area contributed by atoms with Crippen LogP contribution in [0.4, 0.5) is 0 Å². The highest BCUT2D eigenvalue weighted by atomic mass is 35.5. The number of piperazine rings is 1. The van der Waals surface area contributed by atoms with Gasteiger partial charge in [-0.05, 0) is 29.3 Å². The van der Waals surface area contributed by atoms with Crippen LogP contribution in [0.1, 0.15) is 11.1 Å². The molecule has 1 aliphatic rings. The van der Waals surface area contributed by atoms with Crippen molar-refractivity contribution in [2.45, 2.75) is 13.0 Å². The van der Waals surface area contributed by atoms with Gasteiger partial charge in [0.05, 0.1) is 6.42 Å². The Hall–Kier alpha value is -1.91. The Bertz CT molecular complexity index is 654. The fourth-order valence-corrected chi connectivity index (χ4v) is 3.05. The molecule has 2 heterocycles. The molecule has 0 unspecified atom stereocenters. The zero-order valence-electron chi connectivity index (χ0n) is 13.0. The fourth-order valence-electron chi connectivity index (χ4n) is 2.84. The number of benzene rings is 1. The molecule has 0 bridgehead atoms. The highest BCUT2D eigenvalue weighted by molar-refractivity contribution is 6.30. The van der Waals surface area contributed by atoms with Crippen LogP contribution in [0.3, 0.4) is 0 Å². The maximum atomic E-state index is 12.4. The van der Waals surface area contributed by atoms with E-state index >= 15 is 0 Å². The van der Waals surface area contributed by atoms with Crippen LogP contribution in [0.2, 0.25) is 5.02 Å². The van der Waals surface area contributed by atoms with E-state index in [-0.39, 0.29) is 5.91 Å². The van der Waals surface area contributed by atoms with Crippen molar-refractivity contribution in [1.82, 2.24) is 14.8 Å². The molecule has 0 aliphatic carbocycles. The van der Waals surface area contributed by atoms with Crippen LogP contribution in [-0.2, 0) is 17.8 Å². The molecule has 1 amide bonds. The van der Waals surface area contributed by atoms with Crippen LogP contribution < -0.4 is 0 Å². The number of aromatic nitrogens is 1. The van der Waals surface area contributed by atoms with Gasteiger partial charge in [0.15, 0.2) is 0 Å². The summed E-state index contributed by atoms with van der Waals surface area (Å²) in [5.74, 6) is 0.174. The zero-order valence-corrected chi connectivity index (χ0v) is 13.7. The van der Waals surface area contributed by atoms with Gasteiger partial charge in [0.2, 0.25) is 5.91 Å². The van der Waals surface area contributed by atoms with Gasteiger partial charge in [-0.2, -0.15) is 0 Å². The number of carbonyl (C=O) groups excluding carboxylic acids is 1. The number of pyridine rings is 1. The topological polar surface area (TPSA) is 36.4 Å². The molecule has 1 aliphatic heterocycles. The second-order valence-corrected chi connectivity index (χ2v) is 6.26. The second-order valence-electron chi connectivity index (χ2n) is 5.82. The van der Waals surface area contributed by atoms with Gasteiger partial charge in [-0.15, -0.1) is 0 Å². The molecule has 23 heavy (non-hydrogen) atoms. The summed E-state index contributed by atoms with van der Waals surface area (Å²) in [6.45, 7) is 4.25. The van der Waals surface area contributed by atoms with Gasteiger partial charge >= 0.3 is 0 Å². The maximum Gasteiger partial charge on any atom is 0.227 e. The molecule has 0 spiro atoms. The van der Waals surface area contributed by atoms with Gasteiger partial charge in [-0.3, -0.25) is 14.7 Å². The van der Waals surface area contributed by atoms with E-state index in [1.807, 2.05) is 41.4 Å². The normalized spacial score (nSPS) is 15.6. The van der Waals surface area contributed by atoms with Crippen molar-refractivity contribution in [2.75, 3.05) is 26.2 Å². The molecule has 1 aromatic heterocycles. The van der Waals surface area contributed by atoms with E-state index in [1.54, 1.807) is 6.20 Å². The van der Waals surface area contributed by atoms with Gasteiger partial charge in [0.25, 0.3) is 0 Å². The molecular weight excluding hydrogens is 310 g/mol. The predicted octanol–water partition coefficient (Wildman–Crippen LogP) is 2.62. The lowest BCUT2D eigenvalue weighted by molar-refractivity contribution is -0.132. The Balaban J connectivity index is 1.49. The first-order valence-electron chi connectivity index (χ1n) is 7.84. The van der Waals surface area contributed by atoms with Crippen LogP contribution in [0.25, 0.3) is 0 Å². The summed E-state index contributed by atoms with van der Waals surface area (Å²) in [5, 5.41) is 0.677. The highest BCUT2D eigenvalue weighted by Crippen LogP contribution is 2.13. The molecule has 0 atom stereocenters. The smallest absolute Gasteiger partial charge is 0.227 e. The van der Waals surface area contributed by atoms with Gasteiger partial charge in [0, 0.05) is 50.1 Å². The number of rotatable bonds is 4. The van der Waals surface area contributed by atoms with E-state index in [9.17, 15) is 4.79 Å². The first kappa shape index (κ1) is 16.0. The van der Waals surface area contributed by atoms with Crippen molar-refractivity contribution < 1.29 is 4.79 Å². The van der Waals surface area contributed by atoms with Gasteiger partial charge in [-0.25, -0.2) is 0 Å². The molecule has 0 saturated carbocycles. The van der Waals surface area contributed by atoms with Crippen LogP contribution in [0.5, 0.6) is 0 Å². The Morgan fingerprint density at radius 2 is 1.87 bits per heavy atom. The average Bonchev–Trinajstić information content (AvgIpc) is 2.56. The summed E-state index contributed by atoms with van der Waals surface area (Å²) in [7, 11) is 0. The van der Waals surface area contributed by atoms with Crippen molar-refractivity contribution in [2.24, 2.45) is 0 Å². The van der Waals surface area contributed by atoms with E-state index in [1.165, 1.54) is 5.56 Å². The minimum atomic E-state index is 0.174. The molecule has 0 radical (unpaired) electrons. The number of amides is 1. The first-order chi connectivity index (χ1) is 11.2. The number of hydrogen-bond acceptors (Lipinski definition) is 3. The molecule has 2 aromatic rings. The maximum absolute atomic E-state index is 12.4. The van der Waals surface area contributed by atoms with Gasteiger partial charge < -0.3 is 4.90 Å². The van der Waals surface area contributed by atoms with Gasteiger partial charge in [-0.1, -0.05) is 29.8 Å². The molecule has 4 nitrogen and oxygen atoms in total. The SMILES string of the molecule is O=C(Cc1cccc(Cl)c1)N1CCN(Cc2cccnc2)CC1. The lowest BCUT2D eigenvalue weighted by Gasteiger charge is -2.34. The van der Waals surface area contributed by atoms with E-state index in [0.717, 1.165) is 38.3 Å². The summed E-state index contributed by atoms with van der Waals surface area (Å²) in [4.78, 5) is 20.8. The molecule has 120 valence electrons. The lowest BCUT2D eigenvalue weighted by Crippen LogP contribution is -2.48. The summed E-state index contributed by atoms with van der Waals surface area (Å²) in [5.41, 5.74) is 2.19. The van der Waals surface area contributed by atoms with Crippen molar-refractivity contribution in [1.29, 1.82) is 0 Å². The molecule has 3 rings (SSSR count). The summed E-state index contributed by atoms with van der Waals surface area (Å²) in [6, 6.07) is 11.6. The van der Waals surface area contributed by atoms with Crippen LogP contribution in [-0.4, -0.2) is 46.9 Å². The Labute approximate surface area is 141 Å². The molecule has 5 heteroatoms. The van der Waals surface area contributed by atoms with Crippen LogP contribution in [0.15, 0.2) is 48.8 Å². The van der Waals surface area contributed by atoms with E-state index in [0.29, 0.717) is 11.4 Å². The molecule has 1 fully saturated rings. The standard InChI is InChI=1S/C18H20ClN3O/c19-17-5-1-3-15(11-17)12-18(23)22-9-7-21(8-10-22)14-16-4-2-6-20-13-16/h1-6,11,13H,7-10,12,14H2. The number of nitrogens with zero attached hydrogens (tertiary/aromatic N) is 3. The van der Waals surface area contributed by atoms with Crippen LogP contribution in [0, 0.1) is 0 Å². The van der Waals surface area contributed by atoms with Gasteiger partial charge in [0.1, 0.15) is 0 Å². The molecule has 1 saturated heterocycles. The fraction of sp³-hybridized carbons (Fsp3) is 0.333. The Kier molecular flexibility index (Phi) is 5.26. The summed E-state index contributed by atoms with van der Waals surface area (Å²) < 4.78 is 0. The molecule has 1 aromatic carbocycles. The summed E-state index contributed by atoms with van der Waals surface area (Å²) in [6.07, 6.45) is 4.11. The quantitative estimate of drug-likeness (QED) is 0.865. The van der Waals surface area contributed by atoms with Crippen molar-refractivity contribution in [3.63, 3.8) is 0 Å². The first-order valence-corrected chi connectivity index (χ1v) is 8.22. The van der Waals surface area contributed by atoms with Crippen LogP contribution >= 0.6 is 11.6 Å². The average molecular weight is 330 g/mol. The number of carbonyl (C=O) groups is 1. The second kappa shape index (κ2) is 7.57. The van der Waals surface area contributed by atoms with E-state index < -0.39 is 0 Å².